The van der Waals surface area contributed by atoms with Gasteiger partial charge in [-0.3, -0.25) is 0 Å². The maximum atomic E-state index is 4.79. The minimum absolute atomic E-state index is 0.531. The van der Waals surface area contributed by atoms with Crippen LogP contribution in [0.2, 0.25) is 0 Å². The Kier molecular flexibility index (Phi) is 3.47. The summed E-state index contributed by atoms with van der Waals surface area (Å²) in [5.41, 5.74) is 2.60. The van der Waals surface area contributed by atoms with Gasteiger partial charge < -0.3 is 5.32 Å². The molecule has 2 aliphatic heterocycles. The van der Waals surface area contributed by atoms with Gasteiger partial charge in [-0.05, 0) is 25.5 Å². The molecule has 3 heterocycles. The summed E-state index contributed by atoms with van der Waals surface area (Å²) in [6, 6.07) is 0. The van der Waals surface area contributed by atoms with E-state index in [1.807, 2.05) is 23.5 Å². The zero-order valence-electron chi connectivity index (χ0n) is 10.0. The van der Waals surface area contributed by atoms with Crippen molar-refractivity contribution >= 4 is 29.3 Å². The molecule has 0 amide bonds. The van der Waals surface area contributed by atoms with Crippen LogP contribution in [0.25, 0.3) is 0 Å². The Morgan fingerprint density at radius 2 is 2.29 bits per heavy atom. The molecule has 0 bridgehead atoms. The van der Waals surface area contributed by atoms with E-state index in [2.05, 4.69) is 12.2 Å². The predicted octanol–water partition coefficient (Wildman–Crippen LogP) is 3.22. The largest absolute Gasteiger partial charge is 0.370 e. The number of aromatic nitrogens is 2. The molecule has 17 heavy (non-hydrogen) atoms. The third-order valence-electron chi connectivity index (χ3n) is 3.16. The average molecular weight is 267 g/mol. The Hall–Kier alpha value is -0.420. The maximum Gasteiger partial charge on any atom is 0.144 e. The number of hydrogen-bond acceptors (Lipinski definition) is 5. The van der Waals surface area contributed by atoms with Gasteiger partial charge in [0.25, 0.3) is 0 Å². The molecule has 1 unspecified atom stereocenters. The number of nitrogens with one attached hydrogen (secondary N) is 1. The highest BCUT2D eigenvalue weighted by molar-refractivity contribution is 7.99. The first-order valence-corrected chi connectivity index (χ1v) is 8.41. The predicted molar refractivity (Wildman–Crippen MR) is 75.6 cm³/mol. The summed E-state index contributed by atoms with van der Waals surface area (Å²) in [5, 5.41) is 3.93. The lowest BCUT2D eigenvalue weighted by atomic mass is 10.2. The van der Waals surface area contributed by atoms with Gasteiger partial charge in [0.15, 0.2) is 0 Å². The minimum atomic E-state index is 0.531. The number of anilines is 1. The van der Waals surface area contributed by atoms with Crippen LogP contribution in [0.4, 0.5) is 5.82 Å². The Balaban J connectivity index is 1.96. The third kappa shape index (κ3) is 2.27. The van der Waals surface area contributed by atoms with Crippen molar-refractivity contribution in [1.29, 1.82) is 0 Å². The van der Waals surface area contributed by atoms with E-state index in [0.717, 1.165) is 29.7 Å². The van der Waals surface area contributed by atoms with Crippen LogP contribution in [-0.4, -0.2) is 22.3 Å². The van der Waals surface area contributed by atoms with Gasteiger partial charge in [0, 0.05) is 23.6 Å². The lowest BCUT2D eigenvalue weighted by Gasteiger charge is -2.13. The fourth-order valence-corrected chi connectivity index (χ4v) is 4.56. The van der Waals surface area contributed by atoms with Gasteiger partial charge in [-0.2, -0.15) is 23.5 Å². The molecule has 3 nitrogen and oxygen atoms in total. The van der Waals surface area contributed by atoms with Gasteiger partial charge in [-0.1, -0.05) is 0 Å². The molecule has 1 saturated heterocycles. The van der Waals surface area contributed by atoms with Crippen molar-refractivity contribution in [3.05, 3.63) is 17.1 Å². The first kappa shape index (κ1) is 11.7. The molecule has 0 saturated carbocycles. The molecule has 1 atom stereocenters. The van der Waals surface area contributed by atoms with Gasteiger partial charge in [0.1, 0.15) is 11.6 Å². The summed E-state index contributed by atoms with van der Waals surface area (Å²) in [5.74, 6) is 5.53. The fraction of sp³-hybridized carbons (Fsp3) is 0.667. The molecule has 1 aromatic heterocycles. The van der Waals surface area contributed by atoms with Crippen molar-refractivity contribution in [2.45, 2.75) is 36.5 Å². The van der Waals surface area contributed by atoms with Crippen molar-refractivity contribution in [1.82, 2.24) is 9.97 Å². The normalized spacial score (nSPS) is 22.8. The summed E-state index contributed by atoms with van der Waals surface area (Å²) < 4.78 is 0. The Morgan fingerprint density at radius 3 is 3.06 bits per heavy atom. The zero-order chi connectivity index (χ0) is 11.7. The van der Waals surface area contributed by atoms with Crippen LogP contribution < -0.4 is 5.32 Å². The summed E-state index contributed by atoms with van der Waals surface area (Å²) in [4.78, 5) is 9.55. The van der Waals surface area contributed by atoms with Crippen LogP contribution in [-0.2, 0) is 11.5 Å². The summed E-state index contributed by atoms with van der Waals surface area (Å²) in [7, 11) is 0. The molecule has 1 fully saturated rings. The lowest BCUT2D eigenvalue weighted by Crippen LogP contribution is -2.09. The van der Waals surface area contributed by atoms with Gasteiger partial charge in [-0.15, -0.1) is 0 Å². The van der Waals surface area contributed by atoms with E-state index in [1.54, 1.807) is 0 Å². The first-order valence-electron chi connectivity index (χ1n) is 6.21. The monoisotopic (exact) mass is 267 g/mol. The number of nitrogens with zero attached hydrogens (tertiary/aromatic N) is 2. The Labute approximate surface area is 111 Å². The second-order valence-electron chi connectivity index (χ2n) is 4.38. The molecule has 92 valence electrons. The van der Waals surface area contributed by atoms with E-state index in [-0.39, 0.29) is 0 Å². The molecule has 0 aliphatic carbocycles. The van der Waals surface area contributed by atoms with E-state index in [9.17, 15) is 0 Å². The van der Waals surface area contributed by atoms with Crippen molar-refractivity contribution in [2.24, 2.45) is 0 Å². The van der Waals surface area contributed by atoms with E-state index < -0.39 is 0 Å². The fourth-order valence-electron chi connectivity index (χ4n) is 2.31. The van der Waals surface area contributed by atoms with E-state index >= 15 is 0 Å². The van der Waals surface area contributed by atoms with Crippen LogP contribution in [0.5, 0.6) is 0 Å². The molecule has 0 aromatic carbocycles. The number of hydrogen-bond donors (Lipinski definition) is 1. The van der Waals surface area contributed by atoms with Gasteiger partial charge in [0.05, 0.1) is 10.9 Å². The van der Waals surface area contributed by atoms with E-state index in [0.29, 0.717) is 5.25 Å². The molecule has 3 rings (SSSR count). The third-order valence-corrected chi connectivity index (χ3v) is 5.50. The zero-order valence-corrected chi connectivity index (χ0v) is 11.7. The molecule has 2 aliphatic rings. The summed E-state index contributed by atoms with van der Waals surface area (Å²) in [6.45, 7) is 3.06. The SMILES string of the molecule is CCNc1nc(C2CCCS2)nc2c1CSC2. The van der Waals surface area contributed by atoms with Crippen molar-refractivity contribution in [3.63, 3.8) is 0 Å². The van der Waals surface area contributed by atoms with Gasteiger partial charge in [0.2, 0.25) is 0 Å². The van der Waals surface area contributed by atoms with Crippen LogP contribution in [0.1, 0.15) is 42.1 Å². The van der Waals surface area contributed by atoms with E-state index in [1.165, 1.54) is 29.9 Å². The standard InChI is InChI=1S/C12H17N3S2/c1-2-13-11-8-6-16-7-9(8)14-12(15-11)10-4-3-5-17-10/h10H,2-7H2,1H3,(H,13,14,15). The molecular weight excluding hydrogens is 250 g/mol. The van der Waals surface area contributed by atoms with Gasteiger partial charge in [-0.25, -0.2) is 9.97 Å². The number of fused-ring (bicyclic) bond motifs is 1. The minimum Gasteiger partial charge on any atom is -0.370 e. The smallest absolute Gasteiger partial charge is 0.144 e. The van der Waals surface area contributed by atoms with Crippen LogP contribution in [0.3, 0.4) is 0 Å². The molecule has 0 spiro atoms. The molecular formula is C12H17N3S2. The second kappa shape index (κ2) is 5.06. The molecule has 5 heteroatoms. The molecule has 0 radical (unpaired) electrons. The summed E-state index contributed by atoms with van der Waals surface area (Å²) >= 11 is 3.95. The molecule has 1 N–H and O–H groups in total. The van der Waals surface area contributed by atoms with Crippen LogP contribution in [0.15, 0.2) is 0 Å². The lowest BCUT2D eigenvalue weighted by molar-refractivity contribution is 0.769. The quantitative estimate of drug-likeness (QED) is 0.910. The van der Waals surface area contributed by atoms with Crippen molar-refractivity contribution in [3.8, 4) is 0 Å². The topological polar surface area (TPSA) is 37.8 Å². The highest BCUT2D eigenvalue weighted by Gasteiger charge is 2.25. The van der Waals surface area contributed by atoms with Gasteiger partial charge >= 0.3 is 0 Å². The number of rotatable bonds is 3. The summed E-state index contributed by atoms with van der Waals surface area (Å²) in [6.07, 6.45) is 2.54. The van der Waals surface area contributed by atoms with Crippen LogP contribution >= 0.6 is 23.5 Å². The average Bonchev–Trinajstić information content (AvgIpc) is 3.00. The van der Waals surface area contributed by atoms with Crippen molar-refractivity contribution < 1.29 is 0 Å². The number of thioether (sulfide) groups is 2. The Bertz CT molecular complexity index is 416. The molecule has 1 aromatic rings. The van der Waals surface area contributed by atoms with Crippen molar-refractivity contribution in [2.75, 3.05) is 17.6 Å². The Morgan fingerprint density at radius 1 is 1.35 bits per heavy atom. The van der Waals surface area contributed by atoms with Crippen LogP contribution in [0, 0.1) is 0 Å². The first-order chi connectivity index (χ1) is 8.38. The second-order valence-corrected chi connectivity index (χ2v) is 6.68. The maximum absolute atomic E-state index is 4.79. The highest BCUT2D eigenvalue weighted by atomic mass is 32.2. The van der Waals surface area contributed by atoms with E-state index in [4.69, 9.17) is 9.97 Å². The highest BCUT2D eigenvalue weighted by Crippen LogP contribution is 2.40.